The molecule has 77 heavy (non-hydrogen) atoms. The van der Waals surface area contributed by atoms with E-state index in [1.54, 1.807) is 0 Å². The van der Waals surface area contributed by atoms with Crippen LogP contribution in [0.25, 0.3) is 0 Å². The molecule has 5 heterocycles. The van der Waals surface area contributed by atoms with Crippen LogP contribution in [0, 0.1) is 50.2 Å². The second-order valence-electron chi connectivity index (χ2n) is 26.6. The summed E-state index contributed by atoms with van der Waals surface area (Å²) in [5.41, 5.74) is -2.83. The van der Waals surface area contributed by atoms with E-state index in [0.717, 1.165) is 25.7 Å². The Labute approximate surface area is 448 Å². The number of rotatable bonds is 12. The van der Waals surface area contributed by atoms with Crippen molar-refractivity contribution in [2.45, 2.75) is 240 Å². The van der Waals surface area contributed by atoms with E-state index in [1.165, 1.54) is 6.92 Å². The summed E-state index contributed by atoms with van der Waals surface area (Å²) in [4.78, 5) is 0. The van der Waals surface area contributed by atoms with Crippen LogP contribution in [-0.4, -0.2) is 245 Å². The van der Waals surface area contributed by atoms with Gasteiger partial charge in [0, 0.05) is 22.2 Å². The maximum Gasteiger partial charge on any atom is 0.187 e. The van der Waals surface area contributed by atoms with Crippen LogP contribution in [-0.2, 0) is 42.6 Å². The predicted molar refractivity (Wildman–Crippen MR) is 262 cm³/mol. The summed E-state index contributed by atoms with van der Waals surface area (Å²) in [6.07, 6.45) is -25.1. The SMILES string of the molecule is C[C@H]1O[C@@H](O[C@H]2CC[C@@]3(C)[C@@H](CC[C@]4(C)[C@@H]3C=C[C@]35OC[C@@]6(CCC(C)(C)C[C@H]63)[C@@H](O)C[C@]54C)[C@]2(C)CO)[C@H](O[C@@H]2O[C@H](CO)[C@@H](O)[C@H](O)[C@H]2O)[C@@H](O[C@@H]2O[C@H](CO)[C@@H](O[C@@H]3O[C@H](CO)[C@@H](O)[C@H](O)[C@H]3O)[C@H](O)[C@H]2O)[C@H]1O. The molecule has 23 heteroatoms. The molecule has 1 spiro atoms. The van der Waals surface area contributed by atoms with Crippen LogP contribution >= 0.6 is 0 Å². The van der Waals surface area contributed by atoms with Gasteiger partial charge in [-0.1, -0.05) is 53.7 Å². The van der Waals surface area contributed by atoms with Crippen molar-refractivity contribution in [2.24, 2.45) is 50.2 Å². The average Bonchev–Trinajstić information content (AvgIpc) is 3.34. The van der Waals surface area contributed by atoms with E-state index >= 15 is 0 Å². The van der Waals surface area contributed by atoms with Gasteiger partial charge in [0.2, 0.25) is 0 Å². The lowest BCUT2D eigenvalue weighted by atomic mass is 9.32. The minimum Gasteiger partial charge on any atom is -0.396 e. The highest BCUT2D eigenvalue weighted by Gasteiger charge is 2.79. The number of aliphatic hydroxyl groups is 14. The monoisotopic (exact) mass is 1100 g/mol. The van der Waals surface area contributed by atoms with E-state index in [-0.39, 0.29) is 40.6 Å². The molecular weight excluding hydrogens is 1020 g/mol. The highest BCUT2D eigenvalue weighted by atomic mass is 16.8. The predicted octanol–water partition coefficient (Wildman–Crippen LogP) is -2.57. The summed E-state index contributed by atoms with van der Waals surface area (Å²) in [5.74, 6) is 0.0283. The summed E-state index contributed by atoms with van der Waals surface area (Å²) in [6, 6.07) is 0. The Morgan fingerprint density at radius 3 is 1.66 bits per heavy atom. The van der Waals surface area contributed by atoms with Crippen molar-refractivity contribution >= 4 is 0 Å². The van der Waals surface area contributed by atoms with Crippen LogP contribution in [0.1, 0.15) is 99.8 Å². The van der Waals surface area contributed by atoms with E-state index in [9.17, 15) is 71.5 Å². The third-order valence-corrected chi connectivity index (χ3v) is 22.2. The molecule has 14 N–H and O–H groups in total. The second kappa shape index (κ2) is 20.9. The number of allylic oxidation sites excluding steroid dienone is 1. The minimum absolute atomic E-state index is 0.0140. The molecule has 0 amide bonds. The van der Waals surface area contributed by atoms with Gasteiger partial charge in [-0.05, 0) is 86.4 Å². The smallest absolute Gasteiger partial charge is 0.187 e. The summed E-state index contributed by atoms with van der Waals surface area (Å²) in [5, 5.41) is 154. The fourth-order valence-electron chi connectivity index (χ4n) is 17.2. The van der Waals surface area contributed by atoms with E-state index < -0.39 is 177 Å². The molecule has 5 saturated heterocycles. The van der Waals surface area contributed by atoms with Crippen LogP contribution < -0.4 is 0 Å². The topological polar surface area (TPSA) is 366 Å². The Morgan fingerprint density at radius 2 is 1.08 bits per heavy atom. The Morgan fingerprint density at radius 1 is 0.519 bits per heavy atom. The summed E-state index contributed by atoms with van der Waals surface area (Å²) in [7, 11) is 0. The summed E-state index contributed by atoms with van der Waals surface area (Å²) >= 11 is 0. The highest BCUT2D eigenvalue weighted by Crippen LogP contribution is 2.79. The number of ether oxygens (including phenoxy) is 9. The summed E-state index contributed by atoms with van der Waals surface area (Å²) < 4.78 is 56.2. The Hall–Kier alpha value is -1.18. The molecule has 0 aromatic rings. The minimum atomic E-state index is -2.06. The van der Waals surface area contributed by atoms with E-state index in [4.69, 9.17) is 42.6 Å². The van der Waals surface area contributed by atoms with Gasteiger partial charge in [0.15, 0.2) is 25.2 Å². The van der Waals surface area contributed by atoms with E-state index in [1.807, 2.05) is 6.92 Å². The molecule has 10 rings (SSSR count). The van der Waals surface area contributed by atoms with Crippen molar-refractivity contribution in [3.05, 3.63) is 12.2 Å². The van der Waals surface area contributed by atoms with Crippen molar-refractivity contribution in [3.8, 4) is 0 Å². The maximum absolute atomic E-state index is 12.3. The van der Waals surface area contributed by atoms with Gasteiger partial charge >= 0.3 is 0 Å². The van der Waals surface area contributed by atoms with Gasteiger partial charge < -0.3 is 114 Å². The fraction of sp³-hybridized carbons (Fsp3) is 0.963. The first-order chi connectivity index (χ1) is 36.2. The zero-order valence-corrected chi connectivity index (χ0v) is 45.2. The zero-order valence-electron chi connectivity index (χ0n) is 45.2. The molecule has 442 valence electrons. The third kappa shape index (κ3) is 8.84. The molecule has 31 atom stereocenters. The van der Waals surface area contributed by atoms with Gasteiger partial charge in [-0.25, -0.2) is 0 Å². The van der Waals surface area contributed by atoms with Gasteiger partial charge in [-0.3, -0.25) is 0 Å². The van der Waals surface area contributed by atoms with Gasteiger partial charge in [0.05, 0.1) is 56.9 Å². The van der Waals surface area contributed by atoms with Crippen LogP contribution in [0.5, 0.6) is 0 Å². The Bertz CT molecular complexity index is 2120. The maximum atomic E-state index is 12.3. The lowest BCUT2D eigenvalue weighted by Crippen LogP contribution is -2.72. The van der Waals surface area contributed by atoms with E-state index in [2.05, 4.69) is 46.8 Å². The van der Waals surface area contributed by atoms with Crippen LogP contribution in [0.4, 0.5) is 0 Å². The van der Waals surface area contributed by atoms with Crippen molar-refractivity contribution < 1.29 is 114 Å². The first-order valence-electron chi connectivity index (χ1n) is 28.0. The lowest BCUT2D eigenvalue weighted by molar-refractivity contribution is -0.403. The largest absolute Gasteiger partial charge is 0.396 e. The molecule has 0 unspecified atom stereocenters. The van der Waals surface area contributed by atoms with Gasteiger partial charge in [0.1, 0.15) is 91.6 Å². The first-order valence-corrected chi connectivity index (χ1v) is 28.0. The average molecular weight is 1110 g/mol. The molecule has 0 aromatic carbocycles. The molecule has 5 aliphatic heterocycles. The van der Waals surface area contributed by atoms with Gasteiger partial charge in [0.25, 0.3) is 0 Å². The van der Waals surface area contributed by atoms with Crippen molar-refractivity contribution in [3.63, 3.8) is 0 Å². The molecule has 0 aromatic heterocycles. The highest BCUT2D eigenvalue weighted by molar-refractivity contribution is 5.36. The van der Waals surface area contributed by atoms with Gasteiger partial charge in [-0.2, -0.15) is 0 Å². The molecule has 2 bridgehead atoms. The van der Waals surface area contributed by atoms with E-state index in [0.29, 0.717) is 32.3 Å². The molecule has 5 aliphatic carbocycles. The van der Waals surface area contributed by atoms with Crippen molar-refractivity contribution in [2.75, 3.05) is 33.0 Å². The first kappa shape index (κ1) is 59.0. The number of hydrogen-bond donors (Lipinski definition) is 14. The normalized spacial score (nSPS) is 58.1. The lowest BCUT2D eigenvalue weighted by Gasteiger charge is -2.73. The number of hydrogen-bond acceptors (Lipinski definition) is 23. The van der Waals surface area contributed by atoms with Crippen molar-refractivity contribution in [1.29, 1.82) is 0 Å². The second-order valence-corrected chi connectivity index (χ2v) is 26.6. The zero-order chi connectivity index (χ0) is 55.9. The van der Waals surface area contributed by atoms with Crippen LogP contribution in [0.2, 0.25) is 0 Å². The standard InChI is InChI=1S/C54H88O23/c1-23-32(60)42(76-46-40(68)37(65)41(26(20-57)73-46)75-44-38(66)35(63)33(61)24(18-55)71-44)43(77-45-39(67)36(64)34(62)25(19-56)72-45)47(70-23)74-31-10-11-49(4)27(50(31,5)21-58)8-12-51(6)28(49)9-13-54-29-16-48(2,3)14-15-53(29,22-69-54)30(59)17-52(51,54)7/h9,13,23-47,55-68H,8,10-12,14-22H2,1-7H3/t23-,24-,25-,26-,27-,28-,29-,30+,31+,32+,33-,34-,35+,36+,37-,38-,39-,40-,41-,42+,43-,44+,45+,46+,47+,49+,50+,51-,52+,53-,54+/m1/s1. The molecule has 23 nitrogen and oxygen atoms in total. The molecule has 4 saturated carbocycles. The van der Waals surface area contributed by atoms with Crippen LogP contribution in [0.15, 0.2) is 12.2 Å². The molecule has 9 fully saturated rings. The molecule has 0 radical (unpaired) electrons. The van der Waals surface area contributed by atoms with Gasteiger partial charge in [-0.15, -0.1) is 0 Å². The van der Waals surface area contributed by atoms with Crippen LogP contribution in [0.3, 0.4) is 0 Å². The Kier molecular flexibility index (Phi) is 16.0. The Balaban J connectivity index is 0.934. The molecule has 10 aliphatic rings. The molecular formula is C54H88O23. The fourth-order valence-corrected chi connectivity index (χ4v) is 17.2. The van der Waals surface area contributed by atoms with Crippen molar-refractivity contribution in [1.82, 2.24) is 0 Å². The number of aliphatic hydroxyl groups excluding tert-OH is 14. The third-order valence-electron chi connectivity index (χ3n) is 22.2. The number of fused-ring (bicyclic) bond motifs is 4. The quantitative estimate of drug-likeness (QED) is 0.0705. The summed E-state index contributed by atoms with van der Waals surface area (Å²) in [6.45, 7) is 12.9.